The zero-order valence-electron chi connectivity index (χ0n) is 11.2. The standard InChI is InChI=1S/C16H12Cl4O/c1-2-10(9-6-4-3-5-7-9)16(21)13-11(17)8-12(18)14(19)15(13)20/h3-8,10H,2H2,1H3. The number of Topliss-reactive ketones (excluding diaryl/α,β-unsaturated/α-hetero) is 1. The number of carbonyl (C=O) groups is 1. The second-order valence-electron chi connectivity index (χ2n) is 4.58. The summed E-state index contributed by atoms with van der Waals surface area (Å²) in [6.07, 6.45) is 0.635. The third-order valence-corrected chi connectivity index (χ3v) is 4.85. The summed E-state index contributed by atoms with van der Waals surface area (Å²) in [6.45, 7) is 1.94. The molecular formula is C16H12Cl4O. The minimum Gasteiger partial charge on any atom is -0.293 e. The molecule has 0 aliphatic rings. The number of benzene rings is 2. The van der Waals surface area contributed by atoms with Gasteiger partial charge in [-0.25, -0.2) is 0 Å². The Hall–Kier alpha value is -0.730. The van der Waals surface area contributed by atoms with Crippen LogP contribution in [0.5, 0.6) is 0 Å². The molecule has 0 N–H and O–H groups in total. The van der Waals surface area contributed by atoms with E-state index in [0.717, 1.165) is 5.56 Å². The molecule has 5 heteroatoms. The highest BCUT2D eigenvalue weighted by Gasteiger charge is 2.26. The number of hydrogen-bond acceptors (Lipinski definition) is 1. The molecule has 1 nitrogen and oxygen atoms in total. The van der Waals surface area contributed by atoms with Gasteiger partial charge in [-0.1, -0.05) is 83.7 Å². The summed E-state index contributed by atoms with van der Waals surface area (Å²) < 4.78 is 0. The van der Waals surface area contributed by atoms with Gasteiger partial charge in [0, 0.05) is 5.92 Å². The van der Waals surface area contributed by atoms with Crippen LogP contribution in [0.15, 0.2) is 36.4 Å². The zero-order valence-corrected chi connectivity index (χ0v) is 14.2. The molecule has 0 saturated carbocycles. The normalized spacial score (nSPS) is 12.2. The molecule has 0 heterocycles. The van der Waals surface area contributed by atoms with E-state index in [0.29, 0.717) is 6.42 Å². The monoisotopic (exact) mass is 360 g/mol. The van der Waals surface area contributed by atoms with Gasteiger partial charge in [0.05, 0.1) is 25.7 Å². The van der Waals surface area contributed by atoms with Crippen molar-refractivity contribution in [3.63, 3.8) is 0 Å². The largest absolute Gasteiger partial charge is 0.293 e. The molecule has 0 spiro atoms. The fourth-order valence-corrected chi connectivity index (χ4v) is 3.32. The summed E-state index contributed by atoms with van der Waals surface area (Å²) in [5.41, 5.74) is 1.15. The highest BCUT2D eigenvalue weighted by molar-refractivity contribution is 6.51. The lowest BCUT2D eigenvalue weighted by molar-refractivity contribution is 0.0957. The van der Waals surface area contributed by atoms with Crippen molar-refractivity contribution in [1.82, 2.24) is 0 Å². The lowest BCUT2D eigenvalue weighted by Crippen LogP contribution is -2.13. The number of halogens is 4. The summed E-state index contributed by atoms with van der Waals surface area (Å²) in [7, 11) is 0. The fourth-order valence-electron chi connectivity index (χ4n) is 2.22. The van der Waals surface area contributed by atoms with E-state index in [1.807, 2.05) is 37.3 Å². The lowest BCUT2D eigenvalue weighted by Gasteiger charge is -2.17. The Balaban J connectivity index is 2.51. The first kappa shape index (κ1) is 16.6. The van der Waals surface area contributed by atoms with Gasteiger partial charge in [0.25, 0.3) is 0 Å². The van der Waals surface area contributed by atoms with Crippen LogP contribution in [-0.2, 0) is 0 Å². The number of carbonyl (C=O) groups excluding carboxylic acids is 1. The Labute approximate surface area is 143 Å². The van der Waals surface area contributed by atoms with E-state index in [1.54, 1.807) is 0 Å². The van der Waals surface area contributed by atoms with E-state index >= 15 is 0 Å². The molecule has 2 rings (SSSR count). The summed E-state index contributed by atoms with van der Waals surface area (Å²) >= 11 is 24.2. The molecule has 0 aliphatic carbocycles. The Morgan fingerprint density at radius 1 is 1.00 bits per heavy atom. The summed E-state index contributed by atoms with van der Waals surface area (Å²) in [4.78, 5) is 12.8. The highest BCUT2D eigenvalue weighted by atomic mass is 35.5. The van der Waals surface area contributed by atoms with Crippen molar-refractivity contribution >= 4 is 52.2 Å². The quantitative estimate of drug-likeness (QED) is 0.337. The van der Waals surface area contributed by atoms with Crippen molar-refractivity contribution < 1.29 is 4.79 Å². The average molecular weight is 362 g/mol. The van der Waals surface area contributed by atoms with Gasteiger partial charge < -0.3 is 0 Å². The lowest BCUT2D eigenvalue weighted by atomic mass is 9.88. The molecular weight excluding hydrogens is 350 g/mol. The Kier molecular flexibility index (Phi) is 5.56. The van der Waals surface area contributed by atoms with Crippen molar-refractivity contribution in [2.24, 2.45) is 0 Å². The molecule has 0 fully saturated rings. The first-order chi connectivity index (χ1) is 9.97. The molecule has 1 atom stereocenters. The third kappa shape index (κ3) is 3.37. The Morgan fingerprint density at radius 2 is 1.62 bits per heavy atom. The maximum absolute atomic E-state index is 12.8. The molecule has 110 valence electrons. The van der Waals surface area contributed by atoms with Gasteiger partial charge in [0.2, 0.25) is 0 Å². The molecule has 0 aromatic heterocycles. The van der Waals surface area contributed by atoms with Gasteiger partial charge in [-0.2, -0.15) is 0 Å². The highest BCUT2D eigenvalue weighted by Crippen LogP contribution is 2.40. The Bertz CT molecular complexity index is 668. The van der Waals surface area contributed by atoms with Crippen molar-refractivity contribution in [2.45, 2.75) is 19.3 Å². The molecule has 2 aromatic rings. The molecule has 0 amide bonds. The Morgan fingerprint density at radius 3 is 2.19 bits per heavy atom. The minimum atomic E-state index is -0.321. The van der Waals surface area contributed by atoms with Gasteiger partial charge in [-0.15, -0.1) is 0 Å². The van der Waals surface area contributed by atoms with Crippen LogP contribution >= 0.6 is 46.4 Å². The predicted octanol–water partition coefficient (Wildman–Crippen LogP) is 6.68. The van der Waals surface area contributed by atoms with Crippen molar-refractivity contribution in [3.8, 4) is 0 Å². The average Bonchev–Trinajstić information content (AvgIpc) is 2.47. The van der Waals surface area contributed by atoms with E-state index < -0.39 is 0 Å². The maximum Gasteiger partial charge on any atom is 0.173 e. The summed E-state index contributed by atoms with van der Waals surface area (Å²) in [5, 5.41) is 0.701. The van der Waals surface area contributed by atoms with Crippen LogP contribution in [0, 0.1) is 0 Å². The number of ketones is 1. The van der Waals surface area contributed by atoms with E-state index in [-0.39, 0.29) is 37.4 Å². The first-order valence-corrected chi connectivity index (χ1v) is 7.90. The fraction of sp³-hybridized carbons (Fsp3) is 0.188. The van der Waals surface area contributed by atoms with Crippen LogP contribution in [0.4, 0.5) is 0 Å². The van der Waals surface area contributed by atoms with Gasteiger partial charge in [0.1, 0.15) is 0 Å². The van der Waals surface area contributed by atoms with Gasteiger partial charge in [-0.05, 0) is 18.1 Å². The van der Waals surface area contributed by atoms with E-state index in [9.17, 15) is 4.79 Å². The number of rotatable bonds is 4. The molecule has 1 unspecified atom stereocenters. The smallest absolute Gasteiger partial charge is 0.173 e. The molecule has 21 heavy (non-hydrogen) atoms. The van der Waals surface area contributed by atoms with Crippen LogP contribution in [0.25, 0.3) is 0 Å². The minimum absolute atomic E-state index is 0.105. The van der Waals surface area contributed by atoms with Gasteiger partial charge in [-0.3, -0.25) is 4.79 Å². The summed E-state index contributed by atoms with van der Waals surface area (Å²) in [5.74, 6) is -0.476. The number of hydrogen-bond donors (Lipinski definition) is 0. The molecule has 2 aromatic carbocycles. The van der Waals surface area contributed by atoms with Crippen LogP contribution in [-0.4, -0.2) is 5.78 Å². The second kappa shape index (κ2) is 7.02. The van der Waals surface area contributed by atoms with Crippen molar-refractivity contribution in [3.05, 3.63) is 67.6 Å². The first-order valence-electron chi connectivity index (χ1n) is 6.39. The zero-order chi connectivity index (χ0) is 15.6. The van der Waals surface area contributed by atoms with Gasteiger partial charge >= 0.3 is 0 Å². The molecule has 0 bridgehead atoms. The topological polar surface area (TPSA) is 17.1 Å². The van der Waals surface area contributed by atoms with Crippen LogP contribution in [0.2, 0.25) is 20.1 Å². The van der Waals surface area contributed by atoms with Crippen LogP contribution in [0.3, 0.4) is 0 Å². The molecule has 0 radical (unpaired) electrons. The summed E-state index contributed by atoms with van der Waals surface area (Å²) in [6, 6.07) is 10.9. The SMILES string of the molecule is CCC(C(=O)c1c(Cl)cc(Cl)c(Cl)c1Cl)c1ccccc1. The van der Waals surface area contributed by atoms with Crippen LogP contribution in [0.1, 0.15) is 35.2 Å². The maximum atomic E-state index is 12.8. The van der Waals surface area contributed by atoms with E-state index in [1.165, 1.54) is 6.07 Å². The van der Waals surface area contributed by atoms with E-state index in [2.05, 4.69) is 0 Å². The van der Waals surface area contributed by atoms with E-state index in [4.69, 9.17) is 46.4 Å². The van der Waals surface area contributed by atoms with Crippen molar-refractivity contribution in [2.75, 3.05) is 0 Å². The van der Waals surface area contributed by atoms with Gasteiger partial charge in [0.15, 0.2) is 5.78 Å². The van der Waals surface area contributed by atoms with Crippen LogP contribution < -0.4 is 0 Å². The predicted molar refractivity (Wildman–Crippen MR) is 90.3 cm³/mol. The molecule has 0 saturated heterocycles. The molecule has 0 aliphatic heterocycles. The third-order valence-electron chi connectivity index (χ3n) is 3.29. The van der Waals surface area contributed by atoms with Crippen molar-refractivity contribution in [1.29, 1.82) is 0 Å². The second-order valence-corrected chi connectivity index (χ2v) is 6.15.